The molecule has 160 valence electrons. The van der Waals surface area contributed by atoms with Crippen molar-refractivity contribution in [3.63, 3.8) is 0 Å². The summed E-state index contributed by atoms with van der Waals surface area (Å²) in [6, 6.07) is 19.5. The maximum absolute atomic E-state index is 13.2. The summed E-state index contributed by atoms with van der Waals surface area (Å²) in [6.07, 6.45) is 6.92. The lowest BCUT2D eigenvalue weighted by molar-refractivity contribution is -0.122. The van der Waals surface area contributed by atoms with Gasteiger partial charge in [-0.25, -0.2) is 4.39 Å². The molecule has 5 nitrogen and oxygen atoms in total. The first-order chi connectivity index (χ1) is 15.6. The second-order valence-electron chi connectivity index (χ2n) is 7.06. The van der Waals surface area contributed by atoms with Crippen molar-refractivity contribution in [3.8, 4) is 0 Å². The molecule has 0 aliphatic carbocycles. The lowest BCUT2D eigenvalue weighted by atomic mass is 10.1. The molecule has 2 heterocycles. The molecule has 0 bridgehead atoms. The van der Waals surface area contributed by atoms with Gasteiger partial charge in [0.05, 0.1) is 23.9 Å². The predicted octanol–water partition coefficient (Wildman–Crippen LogP) is 5.98. The molecule has 0 N–H and O–H groups in total. The standard InChI is InChI=1S/C25H20FN3O2S/c1-18(14-19-6-3-2-4-7-19)16-27-28-25-29(17-22-8-5-13-31-22)24(30)23(32-25)15-20-9-11-21(26)12-10-20/h2-16H,17H2,1H3/b18-14+,23-15-,27-16-,28-25+. The van der Waals surface area contributed by atoms with E-state index in [-0.39, 0.29) is 18.3 Å². The molecule has 3 aromatic rings. The van der Waals surface area contributed by atoms with E-state index in [0.717, 1.165) is 16.7 Å². The number of rotatable bonds is 6. The second-order valence-corrected chi connectivity index (χ2v) is 8.07. The smallest absolute Gasteiger partial charge is 0.267 e. The van der Waals surface area contributed by atoms with E-state index in [1.54, 1.807) is 42.8 Å². The Morgan fingerprint density at radius 1 is 1.06 bits per heavy atom. The zero-order valence-electron chi connectivity index (χ0n) is 17.3. The number of carbonyl (C=O) groups is 1. The Kier molecular flexibility index (Phi) is 6.77. The number of furan rings is 1. The van der Waals surface area contributed by atoms with Crippen LogP contribution in [0.5, 0.6) is 0 Å². The summed E-state index contributed by atoms with van der Waals surface area (Å²) >= 11 is 1.22. The van der Waals surface area contributed by atoms with Gasteiger partial charge in [-0.1, -0.05) is 48.5 Å². The number of carbonyl (C=O) groups excluding carboxylic acids is 1. The molecular weight excluding hydrogens is 425 g/mol. The number of thioether (sulfide) groups is 1. The van der Waals surface area contributed by atoms with E-state index in [2.05, 4.69) is 10.2 Å². The fourth-order valence-corrected chi connectivity index (χ4v) is 3.94. The van der Waals surface area contributed by atoms with Gasteiger partial charge in [0, 0.05) is 0 Å². The van der Waals surface area contributed by atoms with Crippen LogP contribution in [0.1, 0.15) is 23.8 Å². The van der Waals surface area contributed by atoms with Crippen LogP contribution in [0.15, 0.2) is 98.1 Å². The SMILES string of the molecule is CC(/C=N\N=C1\S/C(=C\c2ccc(F)cc2)C(=O)N1Cc1ccco1)=C\c1ccccc1. The van der Waals surface area contributed by atoms with E-state index >= 15 is 0 Å². The van der Waals surface area contributed by atoms with E-state index in [9.17, 15) is 9.18 Å². The lowest BCUT2D eigenvalue weighted by Gasteiger charge is -2.12. The highest BCUT2D eigenvalue weighted by molar-refractivity contribution is 8.18. The molecule has 7 heteroatoms. The molecule has 4 rings (SSSR count). The first-order valence-corrected chi connectivity index (χ1v) is 10.7. The second kappa shape index (κ2) is 10.1. The van der Waals surface area contributed by atoms with Gasteiger partial charge in [-0.15, -0.1) is 5.10 Å². The Labute approximate surface area is 189 Å². The monoisotopic (exact) mass is 445 g/mol. The van der Waals surface area contributed by atoms with Crippen LogP contribution in [0.4, 0.5) is 4.39 Å². The molecule has 32 heavy (non-hydrogen) atoms. The third-order valence-corrected chi connectivity index (χ3v) is 5.55. The van der Waals surface area contributed by atoms with Crippen LogP contribution in [0.25, 0.3) is 12.2 Å². The zero-order valence-corrected chi connectivity index (χ0v) is 18.1. The molecule has 1 aliphatic rings. The summed E-state index contributed by atoms with van der Waals surface area (Å²) in [5.41, 5.74) is 2.72. The van der Waals surface area contributed by atoms with E-state index in [1.165, 1.54) is 28.8 Å². The summed E-state index contributed by atoms with van der Waals surface area (Å²) in [5.74, 6) is 0.104. The minimum Gasteiger partial charge on any atom is -0.467 e. The van der Waals surface area contributed by atoms with E-state index < -0.39 is 0 Å². The number of amides is 1. The molecule has 1 fully saturated rings. The maximum Gasteiger partial charge on any atom is 0.267 e. The van der Waals surface area contributed by atoms with Gasteiger partial charge in [0.1, 0.15) is 11.6 Å². The van der Waals surface area contributed by atoms with Crippen molar-refractivity contribution >= 4 is 41.2 Å². The zero-order chi connectivity index (χ0) is 22.3. The lowest BCUT2D eigenvalue weighted by Crippen LogP contribution is -2.28. The first kappa shape index (κ1) is 21.5. The van der Waals surface area contributed by atoms with Crippen molar-refractivity contribution in [1.82, 2.24) is 4.90 Å². The van der Waals surface area contributed by atoms with Crippen LogP contribution in [0, 0.1) is 5.82 Å². The van der Waals surface area contributed by atoms with Crippen LogP contribution in [0.3, 0.4) is 0 Å². The van der Waals surface area contributed by atoms with Crippen molar-refractivity contribution in [2.45, 2.75) is 13.5 Å². The number of benzene rings is 2. The van der Waals surface area contributed by atoms with E-state index in [0.29, 0.717) is 15.8 Å². The number of nitrogens with zero attached hydrogens (tertiary/aromatic N) is 3. The van der Waals surface area contributed by atoms with Gasteiger partial charge in [0.2, 0.25) is 0 Å². The highest BCUT2D eigenvalue weighted by Gasteiger charge is 2.34. The molecule has 2 aromatic carbocycles. The van der Waals surface area contributed by atoms with Gasteiger partial charge in [-0.3, -0.25) is 9.69 Å². The number of hydrogen-bond donors (Lipinski definition) is 0. The summed E-state index contributed by atoms with van der Waals surface area (Å²) in [5, 5.41) is 8.93. The molecule has 1 saturated heterocycles. The summed E-state index contributed by atoms with van der Waals surface area (Å²) in [7, 11) is 0. The summed E-state index contributed by atoms with van der Waals surface area (Å²) < 4.78 is 18.6. The van der Waals surface area contributed by atoms with Crippen LogP contribution in [0.2, 0.25) is 0 Å². The number of halogens is 1. The predicted molar refractivity (Wildman–Crippen MR) is 127 cm³/mol. The van der Waals surface area contributed by atoms with Gasteiger partial charge < -0.3 is 4.42 Å². The average molecular weight is 446 g/mol. The topological polar surface area (TPSA) is 58.2 Å². The number of allylic oxidation sites excluding steroid dienone is 1. The van der Waals surface area contributed by atoms with Gasteiger partial charge in [0.25, 0.3) is 5.91 Å². The van der Waals surface area contributed by atoms with Gasteiger partial charge >= 0.3 is 0 Å². The minimum absolute atomic E-state index is 0.207. The molecule has 0 atom stereocenters. The molecule has 1 amide bonds. The van der Waals surface area contributed by atoms with Crippen molar-refractivity contribution < 1.29 is 13.6 Å². The summed E-state index contributed by atoms with van der Waals surface area (Å²) in [6.45, 7) is 2.18. The Bertz CT molecular complexity index is 1200. The van der Waals surface area contributed by atoms with Crippen LogP contribution in [-0.4, -0.2) is 22.2 Å². The van der Waals surface area contributed by atoms with E-state index in [4.69, 9.17) is 4.42 Å². The van der Waals surface area contributed by atoms with Crippen molar-refractivity contribution in [1.29, 1.82) is 0 Å². The molecule has 0 saturated carbocycles. The maximum atomic E-state index is 13.2. The van der Waals surface area contributed by atoms with Crippen LogP contribution >= 0.6 is 11.8 Å². The molecule has 0 unspecified atom stereocenters. The highest BCUT2D eigenvalue weighted by atomic mass is 32.2. The average Bonchev–Trinajstić information content (AvgIpc) is 3.40. The quantitative estimate of drug-likeness (QED) is 0.266. The number of amidine groups is 1. The fourth-order valence-electron chi connectivity index (χ4n) is 3.01. The van der Waals surface area contributed by atoms with Gasteiger partial charge in [0.15, 0.2) is 5.17 Å². The van der Waals surface area contributed by atoms with Gasteiger partial charge in [-0.2, -0.15) is 5.10 Å². The third-order valence-electron chi connectivity index (χ3n) is 4.55. The fraction of sp³-hybridized carbons (Fsp3) is 0.0800. The van der Waals surface area contributed by atoms with Crippen LogP contribution in [-0.2, 0) is 11.3 Å². The third kappa shape index (κ3) is 5.50. The Morgan fingerprint density at radius 2 is 1.84 bits per heavy atom. The molecule has 1 aliphatic heterocycles. The van der Waals surface area contributed by atoms with Gasteiger partial charge in [-0.05, 0) is 65.7 Å². The van der Waals surface area contributed by atoms with E-state index in [1.807, 2.05) is 43.3 Å². The highest BCUT2D eigenvalue weighted by Crippen LogP contribution is 2.33. The Hall–Kier alpha value is -3.71. The molecular formula is C25H20FN3O2S. The minimum atomic E-state index is -0.326. The molecule has 0 spiro atoms. The largest absolute Gasteiger partial charge is 0.467 e. The molecule has 0 radical (unpaired) electrons. The van der Waals surface area contributed by atoms with Crippen molar-refractivity contribution in [2.75, 3.05) is 0 Å². The number of hydrogen-bond acceptors (Lipinski definition) is 5. The Balaban J connectivity index is 1.58. The first-order valence-electron chi connectivity index (χ1n) is 9.92. The van der Waals surface area contributed by atoms with Crippen molar-refractivity contribution in [3.05, 3.63) is 106 Å². The summed E-state index contributed by atoms with van der Waals surface area (Å²) in [4.78, 5) is 15.0. The van der Waals surface area contributed by atoms with Crippen LogP contribution < -0.4 is 0 Å². The molecule has 1 aromatic heterocycles. The van der Waals surface area contributed by atoms with Crippen molar-refractivity contribution in [2.24, 2.45) is 10.2 Å². The normalized spacial score (nSPS) is 17.2. The Morgan fingerprint density at radius 3 is 2.56 bits per heavy atom.